The van der Waals surface area contributed by atoms with Crippen LogP contribution in [-0.2, 0) is 11.3 Å². The zero-order valence-corrected chi connectivity index (χ0v) is 17.6. The molecule has 0 aliphatic heterocycles. The fourth-order valence-corrected chi connectivity index (χ4v) is 2.65. The lowest BCUT2D eigenvalue weighted by atomic mass is 10.2. The minimum absolute atomic E-state index is 0.0989. The van der Waals surface area contributed by atoms with Crippen molar-refractivity contribution < 1.29 is 28.8 Å². The second-order valence-corrected chi connectivity index (χ2v) is 6.56. The van der Waals surface area contributed by atoms with Gasteiger partial charge in [0.25, 0.3) is 0 Å². The Hall–Kier alpha value is -2.97. The van der Waals surface area contributed by atoms with Gasteiger partial charge in [0.1, 0.15) is 19.3 Å². The number of benzene rings is 2. The lowest BCUT2D eigenvalue weighted by Crippen LogP contribution is -2.33. The molecule has 1 amide bonds. The van der Waals surface area contributed by atoms with Crippen molar-refractivity contribution in [3.63, 3.8) is 0 Å². The molecule has 8 nitrogen and oxygen atoms in total. The molecule has 1 unspecified atom stereocenters. The van der Waals surface area contributed by atoms with Crippen molar-refractivity contribution in [1.29, 1.82) is 0 Å². The van der Waals surface area contributed by atoms with Crippen LogP contribution in [0, 0.1) is 0 Å². The van der Waals surface area contributed by atoms with Crippen LogP contribution in [0.1, 0.15) is 12.5 Å². The maximum Gasteiger partial charge on any atom is 0.217 e. The molecule has 8 heteroatoms. The molecule has 0 spiro atoms. The highest BCUT2D eigenvalue weighted by atomic mass is 16.5. The predicted octanol–water partition coefficient (Wildman–Crippen LogP) is 1.75. The van der Waals surface area contributed by atoms with Crippen molar-refractivity contribution >= 4 is 5.91 Å². The van der Waals surface area contributed by atoms with Gasteiger partial charge in [-0.3, -0.25) is 4.79 Å². The van der Waals surface area contributed by atoms with Crippen molar-refractivity contribution in [1.82, 2.24) is 10.6 Å². The molecule has 0 fully saturated rings. The number of ether oxygens (including phenoxy) is 4. The van der Waals surface area contributed by atoms with Gasteiger partial charge in [-0.1, -0.05) is 18.2 Å². The molecule has 0 aliphatic carbocycles. The summed E-state index contributed by atoms with van der Waals surface area (Å²) in [6, 6.07) is 12.8. The number of carbonyl (C=O) groups is 1. The molecule has 0 aliphatic rings. The number of methoxy groups -OCH3 is 2. The van der Waals surface area contributed by atoms with E-state index < -0.39 is 6.10 Å². The van der Waals surface area contributed by atoms with Gasteiger partial charge < -0.3 is 34.7 Å². The molecule has 0 aromatic heterocycles. The minimum Gasteiger partial charge on any atom is -0.493 e. The average Bonchev–Trinajstić information content (AvgIpc) is 2.76. The van der Waals surface area contributed by atoms with Gasteiger partial charge in [-0.2, -0.15) is 0 Å². The highest BCUT2D eigenvalue weighted by molar-refractivity contribution is 5.72. The third-order valence-electron chi connectivity index (χ3n) is 4.19. The Morgan fingerprint density at radius 2 is 1.70 bits per heavy atom. The summed E-state index contributed by atoms with van der Waals surface area (Å²) in [6.07, 6.45) is -0.694. The van der Waals surface area contributed by atoms with Crippen molar-refractivity contribution in [2.75, 3.05) is 40.5 Å². The van der Waals surface area contributed by atoms with Crippen LogP contribution >= 0.6 is 0 Å². The molecule has 164 valence electrons. The Kier molecular flexibility index (Phi) is 9.76. The van der Waals surface area contributed by atoms with E-state index in [4.69, 9.17) is 18.9 Å². The minimum atomic E-state index is -0.694. The normalized spacial score (nSPS) is 11.5. The van der Waals surface area contributed by atoms with Crippen LogP contribution in [0.2, 0.25) is 0 Å². The summed E-state index contributed by atoms with van der Waals surface area (Å²) in [5.41, 5.74) is 0.895. The maximum absolute atomic E-state index is 11.0. The van der Waals surface area contributed by atoms with Crippen molar-refractivity contribution in [3.8, 4) is 23.0 Å². The molecule has 0 radical (unpaired) electrons. The second kappa shape index (κ2) is 12.6. The van der Waals surface area contributed by atoms with Crippen LogP contribution in [0.3, 0.4) is 0 Å². The van der Waals surface area contributed by atoms with Gasteiger partial charge in [-0.05, 0) is 29.8 Å². The van der Waals surface area contributed by atoms with Crippen LogP contribution in [0.15, 0.2) is 42.5 Å². The summed E-state index contributed by atoms with van der Waals surface area (Å²) >= 11 is 0. The molecule has 2 rings (SSSR count). The van der Waals surface area contributed by atoms with E-state index in [0.717, 1.165) is 5.56 Å². The van der Waals surface area contributed by atoms with Gasteiger partial charge >= 0.3 is 0 Å². The van der Waals surface area contributed by atoms with E-state index in [-0.39, 0.29) is 12.5 Å². The van der Waals surface area contributed by atoms with E-state index in [1.807, 2.05) is 30.3 Å². The number of aliphatic hydroxyl groups is 1. The number of carbonyl (C=O) groups excluding carboxylic acids is 1. The Balaban J connectivity index is 1.70. The highest BCUT2D eigenvalue weighted by Gasteiger charge is 2.10. The van der Waals surface area contributed by atoms with E-state index >= 15 is 0 Å². The molecular weight excluding hydrogens is 388 g/mol. The molecule has 2 aromatic rings. The van der Waals surface area contributed by atoms with Crippen LogP contribution < -0.4 is 29.6 Å². The predicted molar refractivity (Wildman–Crippen MR) is 113 cm³/mol. The molecular formula is C22H30N2O6. The summed E-state index contributed by atoms with van der Waals surface area (Å²) in [6.45, 7) is 3.36. The fourth-order valence-electron chi connectivity index (χ4n) is 2.65. The molecule has 1 atom stereocenters. The van der Waals surface area contributed by atoms with E-state index in [0.29, 0.717) is 49.2 Å². The first kappa shape index (κ1) is 23.3. The number of aliphatic hydroxyl groups excluding tert-OH is 1. The van der Waals surface area contributed by atoms with Gasteiger partial charge in [0.05, 0.1) is 14.2 Å². The van der Waals surface area contributed by atoms with Crippen molar-refractivity contribution in [3.05, 3.63) is 48.0 Å². The highest BCUT2D eigenvalue weighted by Crippen LogP contribution is 2.28. The SMILES string of the molecule is COc1ccccc1OCCNCC(O)COc1ccc(CNC(C)=O)cc1OC. The Morgan fingerprint density at radius 1 is 1.00 bits per heavy atom. The average molecular weight is 418 g/mol. The molecule has 0 saturated heterocycles. The fraction of sp³-hybridized carbons (Fsp3) is 0.409. The zero-order valence-electron chi connectivity index (χ0n) is 17.6. The van der Waals surface area contributed by atoms with Crippen LogP contribution in [0.25, 0.3) is 0 Å². The third-order valence-corrected chi connectivity index (χ3v) is 4.19. The van der Waals surface area contributed by atoms with E-state index in [1.54, 1.807) is 26.4 Å². The van der Waals surface area contributed by atoms with Gasteiger partial charge in [0.15, 0.2) is 23.0 Å². The molecule has 3 N–H and O–H groups in total. The maximum atomic E-state index is 11.0. The molecule has 30 heavy (non-hydrogen) atoms. The standard InChI is InChI=1S/C22H30N2O6/c1-16(25)24-13-17-8-9-21(22(12-17)28-3)30-15-18(26)14-23-10-11-29-20-7-5-4-6-19(20)27-2/h4-9,12,18,23,26H,10-11,13-15H2,1-3H3,(H,24,25). The number of para-hydroxylation sites is 2. The zero-order chi connectivity index (χ0) is 21.8. The third kappa shape index (κ3) is 7.81. The summed E-state index contributed by atoms with van der Waals surface area (Å²) in [5.74, 6) is 2.34. The van der Waals surface area contributed by atoms with Crippen LogP contribution in [0.4, 0.5) is 0 Å². The van der Waals surface area contributed by atoms with Crippen molar-refractivity contribution in [2.45, 2.75) is 19.6 Å². The van der Waals surface area contributed by atoms with Gasteiger partial charge in [0, 0.05) is 26.6 Å². The summed E-state index contributed by atoms with van der Waals surface area (Å²) < 4.78 is 21.9. The Bertz CT molecular complexity index is 799. The van der Waals surface area contributed by atoms with Crippen LogP contribution in [-0.4, -0.2) is 57.6 Å². The van der Waals surface area contributed by atoms with Gasteiger partial charge in [-0.15, -0.1) is 0 Å². The first-order chi connectivity index (χ1) is 14.5. The summed E-state index contributed by atoms with van der Waals surface area (Å²) in [7, 11) is 3.15. The van der Waals surface area contributed by atoms with Crippen molar-refractivity contribution in [2.24, 2.45) is 0 Å². The molecule has 0 saturated carbocycles. The largest absolute Gasteiger partial charge is 0.493 e. The lowest BCUT2D eigenvalue weighted by molar-refractivity contribution is -0.119. The number of nitrogens with one attached hydrogen (secondary N) is 2. The number of hydrogen-bond donors (Lipinski definition) is 3. The number of hydrogen-bond acceptors (Lipinski definition) is 7. The van der Waals surface area contributed by atoms with Gasteiger partial charge in [0.2, 0.25) is 5.91 Å². The first-order valence-electron chi connectivity index (χ1n) is 9.72. The van der Waals surface area contributed by atoms with E-state index in [9.17, 15) is 9.90 Å². The molecule has 2 aromatic carbocycles. The first-order valence-corrected chi connectivity index (χ1v) is 9.72. The quantitative estimate of drug-likeness (QED) is 0.426. The lowest BCUT2D eigenvalue weighted by Gasteiger charge is -2.16. The second-order valence-electron chi connectivity index (χ2n) is 6.56. The smallest absolute Gasteiger partial charge is 0.217 e. The summed E-state index contributed by atoms with van der Waals surface area (Å²) in [5, 5.41) is 16.0. The van der Waals surface area contributed by atoms with E-state index in [1.165, 1.54) is 6.92 Å². The Labute approximate surface area is 177 Å². The van der Waals surface area contributed by atoms with E-state index in [2.05, 4.69) is 10.6 Å². The molecule has 0 heterocycles. The summed E-state index contributed by atoms with van der Waals surface area (Å²) in [4.78, 5) is 11.0. The Morgan fingerprint density at radius 3 is 2.40 bits per heavy atom. The van der Waals surface area contributed by atoms with Gasteiger partial charge in [-0.25, -0.2) is 0 Å². The monoisotopic (exact) mass is 418 g/mol. The number of rotatable bonds is 13. The number of amides is 1. The topological polar surface area (TPSA) is 98.3 Å². The van der Waals surface area contributed by atoms with Crippen LogP contribution in [0.5, 0.6) is 23.0 Å². The molecule has 0 bridgehead atoms.